The zero-order chi connectivity index (χ0) is 26.4. The van der Waals surface area contributed by atoms with E-state index in [9.17, 15) is 24.0 Å². The first-order valence-electron chi connectivity index (χ1n) is 12.4. The molecule has 4 amide bonds. The van der Waals surface area contributed by atoms with E-state index in [0.717, 1.165) is 0 Å². The summed E-state index contributed by atoms with van der Waals surface area (Å²) < 4.78 is 5.57. The van der Waals surface area contributed by atoms with Crippen LogP contribution in [0.3, 0.4) is 0 Å². The molecular formula is C25H40N4O6. The fourth-order valence-corrected chi connectivity index (χ4v) is 4.66. The monoisotopic (exact) mass is 492 g/mol. The standard InChI is InChI=1S/C25H40N4O6/c1-8-11-18-23(32)27(6)14-19(30)28(7)21(15(3)4)22(31)26-20(16(5)9-2)24(33)29-13-10-12-17(29)25(34)35-18/h8,15-18,20-21H,1,9-14H2,2-7H3,(H,26,31)/t16-,17-,18?,20-,21-/m0/s1. The molecule has 2 rings (SSSR count). The summed E-state index contributed by atoms with van der Waals surface area (Å²) in [5, 5.41) is 2.88. The minimum absolute atomic E-state index is 0.0732. The molecule has 2 aliphatic rings. The Morgan fingerprint density at radius 3 is 2.34 bits per heavy atom. The molecule has 35 heavy (non-hydrogen) atoms. The molecule has 0 bridgehead atoms. The molecule has 1 unspecified atom stereocenters. The predicted octanol–water partition coefficient (Wildman–Crippen LogP) is 0.951. The average molecular weight is 493 g/mol. The number of hydrogen-bond acceptors (Lipinski definition) is 6. The summed E-state index contributed by atoms with van der Waals surface area (Å²) >= 11 is 0. The fourth-order valence-electron chi connectivity index (χ4n) is 4.66. The van der Waals surface area contributed by atoms with Gasteiger partial charge in [0, 0.05) is 27.1 Å². The van der Waals surface area contributed by atoms with Crippen LogP contribution in [-0.2, 0) is 28.7 Å². The van der Waals surface area contributed by atoms with Crippen molar-refractivity contribution in [1.29, 1.82) is 0 Å². The lowest BCUT2D eigenvalue weighted by Gasteiger charge is -2.35. The number of hydrogen-bond donors (Lipinski definition) is 1. The van der Waals surface area contributed by atoms with E-state index in [4.69, 9.17) is 4.74 Å². The maximum Gasteiger partial charge on any atom is 0.329 e. The SMILES string of the molecule is C=CCC1OC(=O)[C@@H]2CCCN2C(=O)[C@H]([C@@H](C)CC)NC(=O)[C@H](C(C)C)N(C)C(=O)CN(C)C1=O. The Morgan fingerprint density at radius 2 is 1.77 bits per heavy atom. The molecule has 2 heterocycles. The highest BCUT2D eigenvalue weighted by molar-refractivity contribution is 5.96. The first-order chi connectivity index (χ1) is 16.4. The molecule has 0 spiro atoms. The van der Waals surface area contributed by atoms with Crippen molar-refractivity contribution in [1.82, 2.24) is 20.0 Å². The van der Waals surface area contributed by atoms with Crippen molar-refractivity contribution in [2.75, 3.05) is 27.2 Å². The molecule has 2 fully saturated rings. The smallest absolute Gasteiger partial charge is 0.329 e. The van der Waals surface area contributed by atoms with Crippen molar-refractivity contribution in [3.8, 4) is 0 Å². The van der Waals surface area contributed by atoms with E-state index >= 15 is 0 Å². The number of ether oxygens (including phenoxy) is 1. The number of esters is 1. The van der Waals surface area contributed by atoms with Gasteiger partial charge in [-0.25, -0.2) is 4.79 Å². The van der Waals surface area contributed by atoms with E-state index in [0.29, 0.717) is 25.8 Å². The number of nitrogens with one attached hydrogen (secondary N) is 1. The van der Waals surface area contributed by atoms with Gasteiger partial charge in [-0.15, -0.1) is 6.58 Å². The third-order valence-electron chi connectivity index (χ3n) is 6.96. The van der Waals surface area contributed by atoms with Crippen molar-refractivity contribution in [2.24, 2.45) is 11.8 Å². The average Bonchev–Trinajstić information content (AvgIpc) is 3.30. The molecule has 0 saturated carbocycles. The summed E-state index contributed by atoms with van der Waals surface area (Å²) in [5.74, 6) is -2.91. The topological polar surface area (TPSA) is 116 Å². The quantitative estimate of drug-likeness (QED) is 0.451. The van der Waals surface area contributed by atoms with E-state index in [1.54, 1.807) is 0 Å². The van der Waals surface area contributed by atoms with Gasteiger partial charge in [0.05, 0.1) is 6.54 Å². The molecule has 0 aliphatic carbocycles. The molecule has 2 aliphatic heterocycles. The fraction of sp³-hybridized carbons (Fsp3) is 0.720. The molecule has 1 N–H and O–H groups in total. The highest BCUT2D eigenvalue weighted by atomic mass is 16.5. The van der Waals surface area contributed by atoms with Gasteiger partial charge in [-0.2, -0.15) is 0 Å². The lowest BCUT2D eigenvalue weighted by Crippen LogP contribution is -2.59. The number of fused-ring (bicyclic) bond motifs is 1. The number of likely N-dealkylation sites (N-methyl/N-ethyl adjacent to an activating group) is 2. The van der Waals surface area contributed by atoms with E-state index in [2.05, 4.69) is 11.9 Å². The number of amides is 4. The number of cyclic esters (lactones) is 1. The van der Waals surface area contributed by atoms with Crippen molar-refractivity contribution >= 4 is 29.6 Å². The van der Waals surface area contributed by atoms with Gasteiger partial charge in [0.1, 0.15) is 18.1 Å². The maximum absolute atomic E-state index is 13.6. The highest BCUT2D eigenvalue weighted by Crippen LogP contribution is 2.24. The van der Waals surface area contributed by atoms with E-state index in [1.807, 2.05) is 27.7 Å². The summed E-state index contributed by atoms with van der Waals surface area (Å²) in [7, 11) is 2.96. The molecule has 10 heteroatoms. The maximum atomic E-state index is 13.6. The van der Waals surface area contributed by atoms with Gasteiger partial charge in [-0.1, -0.05) is 40.2 Å². The van der Waals surface area contributed by atoms with Crippen molar-refractivity contribution in [3.63, 3.8) is 0 Å². The zero-order valence-corrected chi connectivity index (χ0v) is 21.8. The van der Waals surface area contributed by atoms with Crippen LogP contribution >= 0.6 is 0 Å². The number of carbonyl (C=O) groups excluding carboxylic acids is 5. The number of rotatable bonds is 5. The van der Waals surface area contributed by atoms with Gasteiger partial charge in [0.2, 0.25) is 17.7 Å². The Hall–Kier alpha value is -2.91. The van der Waals surface area contributed by atoms with Crippen molar-refractivity contribution in [3.05, 3.63) is 12.7 Å². The van der Waals surface area contributed by atoms with Crippen LogP contribution < -0.4 is 5.32 Å². The highest BCUT2D eigenvalue weighted by Gasteiger charge is 2.43. The Bertz CT molecular complexity index is 844. The minimum atomic E-state index is -1.16. The second-order valence-electron chi connectivity index (χ2n) is 9.90. The number of carbonyl (C=O) groups is 5. The molecule has 0 aromatic heterocycles. The van der Waals surface area contributed by atoms with Crippen LogP contribution in [0.1, 0.15) is 53.4 Å². The van der Waals surface area contributed by atoms with Crippen LogP contribution in [0, 0.1) is 11.8 Å². The minimum Gasteiger partial charge on any atom is -0.450 e. The largest absolute Gasteiger partial charge is 0.450 e. The Morgan fingerprint density at radius 1 is 1.11 bits per heavy atom. The lowest BCUT2D eigenvalue weighted by molar-refractivity contribution is -0.165. The molecule has 0 aromatic carbocycles. The summed E-state index contributed by atoms with van der Waals surface area (Å²) in [6.07, 6.45) is 2.03. The van der Waals surface area contributed by atoms with Crippen molar-refractivity contribution < 1.29 is 28.7 Å². The zero-order valence-electron chi connectivity index (χ0n) is 21.8. The van der Waals surface area contributed by atoms with Gasteiger partial charge < -0.3 is 24.8 Å². The first kappa shape index (κ1) is 28.3. The van der Waals surface area contributed by atoms with Crippen LogP contribution in [0.25, 0.3) is 0 Å². The molecule has 0 radical (unpaired) electrons. The summed E-state index contributed by atoms with van der Waals surface area (Å²) in [6.45, 7) is 11.1. The van der Waals surface area contributed by atoms with Crippen LogP contribution in [-0.4, -0.2) is 95.7 Å². The van der Waals surface area contributed by atoms with Crippen LogP contribution in [0.4, 0.5) is 0 Å². The third-order valence-corrected chi connectivity index (χ3v) is 6.96. The molecule has 10 nitrogen and oxygen atoms in total. The predicted molar refractivity (Wildman–Crippen MR) is 130 cm³/mol. The Kier molecular flexibility index (Phi) is 9.85. The molecule has 5 atom stereocenters. The second kappa shape index (κ2) is 12.2. The number of nitrogens with zero attached hydrogens (tertiary/aromatic N) is 3. The van der Waals surface area contributed by atoms with E-state index < -0.39 is 47.9 Å². The lowest BCUT2D eigenvalue weighted by atomic mass is 9.95. The van der Waals surface area contributed by atoms with Gasteiger partial charge >= 0.3 is 5.97 Å². The van der Waals surface area contributed by atoms with E-state index in [-0.39, 0.29) is 30.7 Å². The summed E-state index contributed by atoms with van der Waals surface area (Å²) in [5.41, 5.74) is 0. The Balaban J connectivity index is 2.54. The summed E-state index contributed by atoms with van der Waals surface area (Å²) in [6, 6.07) is -2.54. The molecule has 196 valence electrons. The van der Waals surface area contributed by atoms with E-state index in [1.165, 1.54) is 34.9 Å². The van der Waals surface area contributed by atoms with Crippen LogP contribution in [0.15, 0.2) is 12.7 Å². The molecule has 0 aromatic rings. The van der Waals surface area contributed by atoms with Crippen LogP contribution in [0.2, 0.25) is 0 Å². The summed E-state index contributed by atoms with van der Waals surface area (Å²) in [4.78, 5) is 70.2. The van der Waals surface area contributed by atoms with Gasteiger partial charge in [-0.3, -0.25) is 19.2 Å². The third kappa shape index (κ3) is 6.41. The van der Waals surface area contributed by atoms with Gasteiger partial charge in [-0.05, 0) is 24.7 Å². The van der Waals surface area contributed by atoms with Gasteiger partial charge in [0.25, 0.3) is 5.91 Å². The second-order valence-corrected chi connectivity index (χ2v) is 9.90. The molecular weight excluding hydrogens is 452 g/mol. The Labute approximate surface area is 208 Å². The van der Waals surface area contributed by atoms with Crippen LogP contribution in [0.5, 0.6) is 0 Å². The van der Waals surface area contributed by atoms with Crippen molar-refractivity contribution in [2.45, 2.75) is 77.6 Å². The molecule has 2 saturated heterocycles. The van der Waals surface area contributed by atoms with Gasteiger partial charge in [0.15, 0.2) is 6.10 Å². The normalized spacial score (nSPS) is 28.3. The first-order valence-corrected chi connectivity index (χ1v) is 12.4.